The summed E-state index contributed by atoms with van der Waals surface area (Å²) in [6, 6.07) is 4.02. The average Bonchev–Trinajstić information content (AvgIpc) is 2.96. The van der Waals surface area contributed by atoms with Crippen LogP contribution in [0.1, 0.15) is 18.2 Å². The van der Waals surface area contributed by atoms with Crippen molar-refractivity contribution in [3.63, 3.8) is 0 Å². The third-order valence-electron chi connectivity index (χ3n) is 2.89. The Morgan fingerprint density at radius 3 is 3.00 bits per heavy atom. The molecule has 7 heteroatoms. The lowest BCUT2D eigenvalue weighted by Gasteiger charge is -2.15. The third-order valence-corrected chi connectivity index (χ3v) is 5.52. The molecule has 1 atom stereocenters. The second-order valence-electron chi connectivity index (χ2n) is 4.52. The summed E-state index contributed by atoms with van der Waals surface area (Å²) >= 11 is 1.67. The van der Waals surface area contributed by atoms with E-state index in [9.17, 15) is 8.42 Å². The van der Waals surface area contributed by atoms with E-state index >= 15 is 0 Å². The molecule has 5 nitrogen and oxygen atoms in total. The maximum Gasteiger partial charge on any atom is 0.191 e. The van der Waals surface area contributed by atoms with Gasteiger partial charge >= 0.3 is 0 Å². The number of aliphatic imine (C=N–C) groups is 1. The molecule has 0 radical (unpaired) electrons. The second kappa shape index (κ2) is 6.38. The van der Waals surface area contributed by atoms with Crippen LogP contribution in [0.15, 0.2) is 22.5 Å². The normalized spacial score (nSPS) is 22.4. The van der Waals surface area contributed by atoms with Crippen molar-refractivity contribution in [2.24, 2.45) is 4.99 Å². The van der Waals surface area contributed by atoms with Crippen LogP contribution in [0, 0.1) is 0 Å². The molecule has 1 aromatic rings. The first-order chi connectivity index (χ1) is 9.09. The van der Waals surface area contributed by atoms with Crippen LogP contribution < -0.4 is 10.6 Å². The smallest absolute Gasteiger partial charge is 0.191 e. The van der Waals surface area contributed by atoms with Crippen molar-refractivity contribution >= 4 is 27.1 Å². The Hall–Kier alpha value is -1.08. The van der Waals surface area contributed by atoms with Gasteiger partial charge in [-0.15, -0.1) is 11.3 Å². The van der Waals surface area contributed by atoms with Gasteiger partial charge in [-0.2, -0.15) is 0 Å². The number of hydrogen-bond donors (Lipinski definition) is 2. The average molecular weight is 301 g/mol. The molecule has 1 aliphatic heterocycles. The standard InChI is InChI=1S/C12H19N3O2S2/c1-2-13-12(14-8-11-4-3-6-18-11)15-10-5-7-19(16,17)9-10/h3-4,6,10H,2,5,7-9H2,1H3,(H2,13,14,15). The fraction of sp³-hybridized carbons (Fsp3) is 0.583. The van der Waals surface area contributed by atoms with Gasteiger partial charge in [-0.1, -0.05) is 6.07 Å². The van der Waals surface area contributed by atoms with Crippen LogP contribution in [0.4, 0.5) is 0 Å². The summed E-state index contributed by atoms with van der Waals surface area (Å²) in [6.45, 7) is 3.37. The molecule has 2 heterocycles. The van der Waals surface area contributed by atoms with E-state index in [2.05, 4.69) is 15.6 Å². The maximum absolute atomic E-state index is 11.4. The minimum atomic E-state index is -2.86. The SMILES string of the molecule is CCNC(=NCc1cccs1)NC1CCS(=O)(=O)C1. The van der Waals surface area contributed by atoms with E-state index in [-0.39, 0.29) is 17.5 Å². The summed E-state index contributed by atoms with van der Waals surface area (Å²) in [4.78, 5) is 5.67. The molecule has 0 bridgehead atoms. The number of hydrogen-bond acceptors (Lipinski definition) is 4. The Morgan fingerprint density at radius 1 is 1.58 bits per heavy atom. The summed E-state index contributed by atoms with van der Waals surface area (Å²) in [5.41, 5.74) is 0. The third kappa shape index (κ3) is 4.50. The highest BCUT2D eigenvalue weighted by Crippen LogP contribution is 2.12. The summed E-state index contributed by atoms with van der Waals surface area (Å²) in [5, 5.41) is 8.37. The lowest BCUT2D eigenvalue weighted by atomic mass is 10.3. The number of nitrogens with one attached hydrogen (secondary N) is 2. The monoisotopic (exact) mass is 301 g/mol. The van der Waals surface area contributed by atoms with Crippen molar-refractivity contribution in [1.29, 1.82) is 0 Å². The van der Waals surface area contributed by atoms with Gasteiger partial charge in [0.2, 0.25) is 0 Å². The zero-order valence-corrected chi connectivity index (χ0v) is 12.6. The van der Waals surface area contributed by atoms with Gasteiger partial charge in [0.05, 0.1) is 18.1 Å². The van der Waals surface area contributed by atoms with E-state index in [1.54, 1.807) is 11.3 Å². The van der Waals surface area contributed by atoms with Gasteiger partial charge in [-0.3, -0.25) is 0 Å². The highest BCUT2D eigenvalue weighted by Gasteiger charge is 2.28. The lowest BCUT2D eigenvalue weighted by Crippen LogP contribution is -2.44. The molecule has 0 spiro atoms. The van der Waals surface area contributed by atoms with E-state index in [4.69, 9.17) is 0 Å². The molecule has 1 fully saturated rings. The molecule has 0 saturated carbocycles. The van der Waals surface area contributed by atoms with Crippen LogP contribution in [-0.4, -0.2) is 38.5 Å². The molecule has 106 valence electrons. The van der Waals surface area contributed by atoms with Gasteiger partial charge in [0.1, 0.15) is 0 Å². The number of sulfone groups is 1. The van der Waals surface area contributed by atoms with Crippen LogP contribution >= 0.6 is 11.3 Å². The molecule has 0 aliphatic carbocycles. The number of rotatable bonds is 4. The molecule has 1 unspecified atom stereocenters. The Bertz CT molecular complexity index is 523. The molecule has 2 rings (SSSR count). The molecule has 19 heavy (non-hydrogen) atoms. The van der Waals surface area contributed by atoms with Crippen molar-refractivity contribution in [1.82, 2.24) is 10.6 Å². The van der Waals surface area contributed by atoms with Crippen LogP contribution in [-0.2, 0) is 16.4 Å². The summed E-state index contributed by atoms with van der Waals surface area (Å²) in [5.74, 6) is 1.17. The van der Waals surface area contributed by atoms with Crippen molar-refractivity contribution in [2.45, 2.75) is 25.9 Å². The van der Waals surface area contributed by atoms with Gasteiger partial charge in [0, 0.05) is 17.5 Å². The molecule has 0 aromatic carbocycles. The zero-order chi connectivity index (χ0) is 13.7. The highest BCUT2D eigenvalue weighted by atomic mass is 32.2. The van der Waals surface area contributed by atoms with Gasteiger partial charge in [0.25, 0.3) is 0 Å². The van der Waals surface area contributed by atoms with Crippen molar-refractivity contribution in [3.8, 4) is 0 Å². The van der Waals surface area contributed by atoms with Crippen LogP contribution in [0.2, 0.25) is 0 Å². The Labute approximate surface area is 118 Å². The van der Waals surface area contributed by atoms with Gasteiger partial charge in [-0.25, -0.2) is 13.4 Å². The van der Waals surface area contributed by atoms with Gasteiger partial charge in [0.15, 0.2) is 15.8 Å². The molecule has 1 aromatic heterocycles. The van der Waals surface area contributed by atoms with E-state index in [0.29, 0.717) is 18.9 Å². The van der Waals surface area contributed by atoms with Crippen molar-refractivity contribution < 1.29 is 8.42 Å². The number of guanidine groups is 1. The van der Waals surface area contributed by atoms with Crippen molar-refractivity contribution in [2.75, 3.05) is 18.1 Å². The molecule has 2 N–H and O–H groups in total. The molecule has 1 aliphatic rings. The van der Waals surface area contributed by atoms with E-state index in [1.165, 1.54) is 4.88 Å². The first-order valence-corrected chi connectivity index (χ1v) is 9.07. The number of nitrogens with zero attached hydrogens (tertiary/aromatic N) is 1. The highest BCUT2D eigenvalue weighted by molar-refractivity contribution is 7.91. The first-order valence-electron chi connectivity index (χ1n) is 6.37. The van der Waals surface area contributed by atoms with Crippen LogP contribution in [0.25, 0.3) is 0 Å². The Balaban J connectivity index is 1.94. The molecule has 1 saturated heterocycles. The summed E-state index contributed by atoms with van der Waals surface area (Å²) in [6.07, 6.45) is 0.658. The van der Waals surface area contributed by atoms with E-state index < -0.39 is 9.84 Å². The minimum Gasteiger partial charge on any atom is -0.357 e. The molecular formula is C12H19N3O2S2. The first kappa shape index (κ1) is 14.3. The predicted molar refractivity (Wildman–Crippen MR) is 79.3 cm³/mol. The van der Waals surface area contributed by atoms with Crippen LogP contribution in [0.5, 0.6) is 0 Å². The fourth-order valence-electron chi connectivity index (χ4n) is 1.98. The maximum atomic E-state index is 11.4. The fourth-order valence-corrected chi connectivity index (χ4v) is 4.28. The minimum absolute atomic E-state index is 0.0221. The largest absolute Gasteiger partial charge is 0.357 e. The zero-order valence-electron chi connectivity index (χ0n) is 10.9. The van der Waals surface area contributed by atoms with E-state index in [1.807, 2.05) is 24.4 Å². The number of thiophene rings is 1. The topological polar surface area (TPSA) is 70.6 Å². The Morgan fingerprint density at radius 2 is 2.42 bits per heavy atom. The summed E-state index contributed by atoms with van der Waals surface area (Å²) < 4.78 is 22.9. The predicted octanol–water partition coefficient (Wildman–Crippen LogP) is 0.990. The molecule has 0 amide bonds. The lowest BCUT2D eigenvalue weighted by molar-refractivity contribution is 0.599. The second-order valence-corrected chi connectivity index (χ2v) is 7.78. The quantitative estimate of drug-likeness (QED) is 0.643. The van der Waals surface area contributed by atoms with Gasteiger partial charge < -0.3 is 10.6 Å². The summed E-state index contributed by atoms with van der Waals surface area (Å²) in [7, 11) is -2.86. The Kier molecular flexibility index (Phi) is 4.81. The van der Waals surface area contributed by atoms with Crippen molar-refractivity contribution in [3.05, 3.63) is 22.4 Å². The molecular weight excluding hydrogens is 282 g/mol. The van der Waals surface area contributed by atoms with E-state index in [0.717, 1.165) is 6.54 Å². The van der Waals surface area contributed by atoms with Crippen LogP contribution in [0.3, 0.4) is 0 Å². The van der Waals surface area contributed by atoms with Gasteiger partial charge in [-0.05, 0) is 24.8 Å².